The minimum Gasteiger partial charge on any atom is -0.367 e. The van der Waals surface area contributed by atoms with Crippen LogP contribution in [0.25, 0.3) is 0 Å². The van der Waals surface area contributed by atoms with E-state index in [0.717, 1.165) is 12.8 Å². The van der Waals surface area contributed by atoms with E-state index in [1.807, 2.05) is 13.8 Å². The topological polar surface area (TPSA) is 26.3 Å². The molecular weight excluding hydrogens is 184 g/mol. The average molecular weight is 202 g/mol. The summed E-state index contributed by atoms with van der Waals surface area (Å²) in [6, 6.07) is 0. The lowest BCUT2D eigenvalue weighted by atomic mass is 10.2. The summed E-state index contributed by atoms with van der Waals surface area (Å²) >= 11 is 1.24. The van der Waals surface area contributed by atoms with Crippen LogP contribution in [0.4, 0.5) is 0 Å². The summed E-state index contributed by atoms with van der Waals surface area (Å²) < 4.78 is 5.36. The smallest absolute Gasteiger partial charge is 0.217 e. The summed E-state index contributed by atoms with van der Waals surface area (Å²) in [5, 5.41) is 0.0190. The zero-order valence-corrected chi connectivity index (χ0v) is 9.66. The van der Waals surface area contributed by atoms with Crippen molar-refractivity contribution in [3.05, 3.63) is 12.2 Å². The Morgan fingerprint density at radius 1 is 1.46 bits per heavy atom. The fourth-order valence-electron chi connectivity index (χ4n) is 0.981. The van der Waals surface area contributed by atoms with Crippen molar-refractivity contribution in [1.29, 1.82) is 0 Å². The SMILES string of the molecule is C=C(C)C(=O)SC(CC)(CC)OC. The van der Waals surface area contributed by atoms with Crippen LogP contribution < -0.4 is 0 Å². The molecule has 0 fully saturated rings. The predicted molar refractivity (Wildman–Crippen MR) is 57.7 cm³/mol. The summed E-state index contributed by atoms with van der Waals surface area (Å²) in [6.45, 7) is 9.38. The van der Waals surface area contributed by atoms with Crippen LogP contribution in [0.2, 0.25) is 0 Å². The minimum atomic E-state index is -0.365. The van der Waals surface area contributed by atoms with E-state index in [0.29, 0.717) is 5.57 Å². The van der Waals surface area contributed by atoms with Gasteiger partial charge in [0.1, 0.15) is 4.93 Å². The van der Waals surface area contributed by atoms with Crippen molar-refractivity contribution in [3.63, 3.8) is 0 Å². The van der Waals surface area contributed by atoms with E-state index in [-0.39, 0.29) is 10.0 Å². The Kier molecular flexibility index (Phi) is 5.33. The molecule has 0 N–H and O–H groups in total. The molecule has 0 aliphatic carbocycles. The monoisotopic (exact) mass is 202 g/mol. The van der Waals surface area contributed by atoms with Crippen LogP contribution in [0.1, 0.15) is 33.6 Å². The summed E-state index contributed by atoms with van der Waals surface area (Å²) in [5.74, 6) is 0. The fraction of sp³-hybridized carbons (Fsp3) is 0.700. The number of carbonyl (C=O) groups is 1. The molecule has 0 saturated carbocycles. The van der Waals surface area contributed by atoms with Gasteiger partial charge in [0.15, 0.2) is 0 Å². The molecular formula is C10H18O2S. The van der Waals surface area contributed by atoms with Crippen LogP contribution in [0, 0.1) is 0 Å². The van der Waals surface area contributed by atoms with Gasteiger partial charge in [0.05, 0.1) is 0 Å². The first-order chi connectivity index (χ1) is 6.01. The number of hydrogen-bond donors (Lipinski definition) is 0. The maximum atomic E-state index is 11.4. The number of methoxy groups -OCH3 is 1. The quantitative estimate of drug-likeness (QED) is 0.506. The molecule has 0 heterocycles. The molecule has 0 aliphatic heterocycles. The van der Waals surface area contributed by atoms with Gasteiger partial charge in [-0.2, -0.15) is 0 Å². The van der Waals surface area contributed by atoms with Crippen molar-refractivity contribution >= 4 is 16.9 Å². The van der Waals surface area contributed by atoms with Gasteiger partial charge in [-0.15, -0.1) is 0 Å². The van der Waals surface area contributed by atoms with Crippen molar-refractivity contribution in [1.82, 2.24) is 0 Å². The lowest BCUT2D eigenvalue weighted by Gasteiger charge is -2.28. The van der Waals surface area contributed by atoms with Crippen LogP contribution in [-0.2, 0) is 9.53 Å². The first kappa shape index (κ1) is 12.7. The minimum absolute atomic E-state index is 0.0190. The number of thioether (sulfide) groups is 1. The molecule has 0 aromatic heterocycles. The van der Waals surface area contributed by atoms with Gasteiger partial charge in [0, 0.05) is 7.11 Å². The second-order valence-corrected chi connectivity index (χ2v) is 4.31. The van der Waals surface area contributed by atoms with E-state index in [1.165, 1.54) is 11.8 Å². The van der Waals surface area contributed by atoms with E-state index in [2.05, 4.69) is 6.58 Å². The first-order valence-corrected chi connectivity index (χ1v) is 5.27. The Morgan fingerprint density at radius 3 is 2.15 bits per heavy atom. The molecule has 2 nitrogen and oxygen atoms in total. The Bertz CT molecular complexity index is 187. The zero-order valence-electron chi connectivity index (χ0n) is 8.85. The summed E-state index contributed by atoms with van der Waals surface area (Å²) in [6.07, 6.45) is 1.65. The Morgan fingerprint density at radius 2 is 1.92 bits per heavy atom. The highest BCUT2D eigenvalue weighted by atomic mass is 32.2. The number of ether oxygens (including phenoxy) is 1. The Labute approximate surface area is 84.7 Å². The largest absolute Gasteiger partial charge is 0.367 e. The molecule has 0 amide bonds. The van der Waals surface area contributed by atoms with E-state index in [9.17, 15) is 4.79 Å². The first-order valence-electron chi connectivity index (χ1n) is 4.45. The van der Waals surface area contributed by atoms with E-state index >= 15 is 0 Å². The van der Waals surface area contributed by atoms with Crippen molar-refractivity contribution in [3.8, 4) is 0 Å². The molecule has 0 radical (unpaired) electrons. The number of rotatable bonds is 5. The fourth-order valence-corrected chi connectivity index (χ4v) is 1.86. The number of hydrogen-bond acceptors (Lipinski definition) is 3. The normalized spacial score (nSPS) is 11.4. The van der Waals surface area contributed by atoms with E-state index < -0.39 is 0 Å². The molecule has 0 rings (SSSR count). The molecule has 0 spiro atoms. The predicted octanol–water partition coefficient (Wildman–Crippen LogP) is 2.99. The molecule has 0 unspecified atom stereocenters. The van der Waals surface area contributed by atoms with Crippen molar-refractivity contribution in [2.75, 3.05) is 7.11 Å². The van der Waals surface area contributed by atoms with E-state index in [1.54, 1.807) is 14.0 Å². The molecule has 0 aliphatic rings. The van der Waals surface area contributed by atoms with Gasteiger partial charge in [-0.25, -0.2) is 0 Å². The molecule has 76 valence electrons. The molecule has 13 heavy (non-hydrogen) atoms. The summed E-state index contributed by atoms with van der Waals surface area (Å²) in [7, 11) is 1.64. The molecule has 0 saturated heterocycles. The number of carbonyl (C=O) groups excluding carboxylic acids is 1. The lowest BCUT2D eigenvalue weighted by Crippen LogP contribution is -2.27. The lowest BCUT2D eigenvalue weighted by molar-refractivity contribution is -0.108. The highest BCUT2D eigenvalue weighted by Gasteiger charge is 2.29. The zero-order chi connectivity index (χ0) is 10.5. The third-order valence-corrected chi connectivity index (χ3v) is 3.73. The van der Waals surface area contributed by atoms with Crippen LogP contribution in [0.5, 0.6) is 0 Å². The third-order valence-electron chi connectivity index (χ3n) is 2.08. The highest BCUT2D eigenvalue weighted by Crippen LogP contribution is 2.34. The van der Waals surface area contributed by atoms with Gasteiger partial charge < -0.3 is 4.74 Å². The van der Waals surface area contributed by atoms with Crippen LogP contribution in [-0.4, -0.2) is 17.2 Å². The highest BCUT2D eigenvalue weighted by molar-refractivity contribution is 8.15. The van der Waals surface area contributed by atoms with Crippen molar-refractivity contribution < 1.29 is 9.53 Å². The second-order valence-electron chi connectivity index (χ2n) is 2.99. The molecule has 0 aromatic rings. The summed E-state index contributed by atoms with van der Waals surface area (Å²) in [4.78, 5) is 11.1. The Balaban J connectivity index is 4.42. The molecule has 0 bridgehead atoms. The van der Waals surface area contributed by atoms with Gasteiger partial charge in [0.2, 0.25) is 5.12 Å². The molecule has 0 aromatic carbocycles. The van der Waals surface area contributed by atoms with Gasteiger partial charge in [0.25, 0.3) is 0 Å². The Hall–Kier alpha value is -0.280. The van der Waals surface area contributed by atoms with Gasteiger partial charge >= 0.3 is 0 Å². The average Bonchev–Trinajstić information content (AvgIpc) is 2.14. The van der Waals surface area contributed by atoms with Gasteiger partial charge in [-0.1, -0.05) is 20.4 Å². The van der Waals surface area contributed by atoms with Gasteiger partial charge in [-0.05, 0) is 37.1 Å². The van der Waals surface area contributed by atoms with Crippen LogP contribution in [0.15, 0.2) is 12.2 Å². The molecule has 0 atom stereocenters. The van der Waals surface area contributed by atoms with Crippen LogP contribution >= 0.6 is 11.8 Å². The van der Waals surface area contributed by atoms with Crippen molar-refractivity contribution in [2.24, 2.45) is 0 Å². The third kappa shape index (κ3) is 3.53. The maximum Gasteiger partial charge on any atom is 0.217 e. The summed E-state index contributed by atoms with van der Waals surface area (Å²) in [5.41, 5.74) is 0.577. The standard InChI is InChI=1S/C10H18O2S/c1-6-10(7-2,12-5)13-9(11)8(3)4/h3,6-7H2,1-2,4-5H3. The molecule has 3 heteroatoms. The van der Waals surface area contributed by atoms with Crippen molar-refractivity contribution in [2.45, 2.75) is 38.5 Å². The van der Waals surface area contributed by atoms with Gasteiger partial charge in [-0.3, -0.25) is 4.79 Å². The second kappa shape index (κ2) is 5.45. The van der Waals surface area contributed by atoms with Crippen LogP contribution in [0.3, 0.4) is 0 Å². The van der Waals surface area contributed by atoms with E-state index in [4.69, 9.17) is 4.74 Å². The maximum absolute atomic E-state index is 11.4.